The van der Waals surface area contributed by atoms with Gasteiger partial charge >= 0.3 is 0 Å². The van der Waals surface area contributed by atoms with E-state index in [0.717, 1.165) is 43.2 Å². The Labute approximate surface area is 155 Å². The number of oxime groups is 1. The van der Waals surface area contributed by atoms with Gasteiger partial charge in [0.25, 0.3) is 0 Å². The summed E-state index contributed by atoms with van der Waals surface area (Å²) in [6.45, 7) is 4.01. The molecular formula is C20H27N3OS. The van der Waals surface area contributed by atoms with Crippen LogP contribution in [-0.2, 0) is 4.84 Å². The van der Waals surface area contributed by atoms with Crippen molar-refractivity contribution in [3.05, 3.63) is 35.4 Å². The predicted molar refractivity (Wildman–Crippen MR) is 105 cm³/mol. The lowest BCUT2D eigenvalue weighted by atomic mass is 9.85. The largest absolute Gasteiger partial charge is 0.388 e. The number of piperidine rings is 1. The summed E-state index contributed by atoms with van der Waals surface area (Å²) >= 11 is 5.63. The molecule has 1 aromatic rings. The first-order valence-electron chi connectivity index (χ1n) is 9.51. The Morgan fingerprint density at radius 2 is 1.88 bits per heavy atom. The minimum absolute atomic E-state index is 0.125. The molecule has 1 aliphatic carbocycles. The SMILES string of the molecule is Cc1ccc(C2=NOC3(CCN(C(=S)NC4CCCC4)CC3)C2)cc1. The molecule has 25 heavy (non-hydrogen) atoms. The highest BCUT2D eigenvalue weighted by molar-refractivity contribution is 7.80. The summed E-state index contributed by atoms with van der Waals surface area (Å²) < 4.78 is 0. The Balaban J connectivity index is 1.31. The number of nitrogens with one attached hydrogen (secondary N) is 1. The van der Waals surface area contributed by atoms with Crippen molar-refractivity contribution in [1.29, 1.82) is 0 Å². The minimum atomic E-state index is -0.125. The molecule has 134 valence electrons. The number of hydrogen-bond donors (Lipinski definition) is 1. The van der Waals surface area contributed by atoms with Gasteiger partial charge in [0.15, 0.2) is 5.11 Å². The van der Waals surface area contributed by atoms with Crippen LogP contribution in [0.3, 0.4) is 0 Å². The van der Waals surface area contributed by atoms with E-state index in [1.807, 2.05) is 0 Å². The van der Waals surface area contributed by atoms with Gasteiger partial charge in [0.2, 0.25) is 0 Å². The number of rotatable bonds is 2. The normalized spacial score (nSPS) is 22.8. The van der Waals surface area contributed by atoms with Gasteiger partial charge in [-0.2, -0.15) is 0 Å². The fourth-order valence-corrected chi connectivity index (χ4v) is 4.49. The van der Waals surface area contributed by atoms with Gasteiger partial charge in [0, 0.05) is 38.4 Å². The highest BCUT2D eigenvalue weighted by Crippen LogP contribution is 2.36. The number of benzene rings is 1. The van der Waals surface area contributed by atoms with Gasteiger partial charge in [-0.25, -0.2) is 0 Å². The zero-order valence-electron chi connectivity index (χ0n) is 15.0. The molecule has 1 aromatic carbocycles. The van der Waals surface area contributed by atoms with Crippen LogP contribution < -0.4 is 5.32 Å². The van der Waals surface area contributed by atoms with Crippen molar-refractivity contribution in [3.63, 3.8) is 0 Å². The monoisotopic (exact) mass is 357 g/mol. The van der Waals surface area contributed by atoms with Crippen LogP contribution in [-0.4, -0.2) is 40.5 Å². The molecule has 1 saturated carbocycles. The van der Waals surface area contributed by atoms with Crippen molar-refractivity contribution < 1.29 is 4.84 Å². The number of hydrogen-bond acceptors (Lipinski definition) is 3. The lowest BCUT2D eigenvalue weighted by Crippen LogP contribution is -2.51. The van der Waals surface area contributed by atoms with Crippen LogP contribution in [0.4, 0.5) is 0 Å². The van der Waals surface area contributed by atoms with Gasteiger partial charge in [-0.1, -0.05) is 47.8 Å². The van der Waals surface area contributed by atoms with E-state index in [4.69, 9.17) is 17.1 Å². The molecule has 2 aliphatic heterocycles. The van der Waals surface area contributed by atoms with E-state index in [1.54, 1.807) is 0 Å². The van der Waals surface area contributed by atoms with Gasteiger partial charge in [0.05, 0.1) is 5.71 Å². The number of likely N-dealkylation sites (tertiary alicyclic amines) is 1. The van der Waals surface area contributed by atoms with Crippen LogP contribution in [0.5, 0.6) is 0 Å². The maximum absolute atomic E-state index is 5.94. The molecule has 0 radical (unpaired) electrons. The number of thiocarbonyl (C=S) groups is 1. The molecule has 0 bridgehead atoms. The predicted octanol–water partition coefficient (Wildman–Crippen LogP) is 3.77. The number of nitrogens with zero attached hydrogens (tertiary/aromatic N) is 2. The van der Waals surface area contributed by atoms with Crippen molar-refractivity contribution in [2.45, 2.75) is 63.5 Å². The molecule has 0 unspecified atom stereocenters. The second-order valence-electron chi connectivity index (χ2n) is 7.77. The summed E-state index contributed by atoms with van der Waals surface area (Å²) in [5.41, 5.74) is 3.41. The first-order chi connectivity index (χ1) is 12.1. The Morgan fingerprint density at radius 3 is 2.56 bits per heavy atom. The van der Waals surface area contributed by atoms with E-state index >= 15 is 0 Å². The standard InChI is InChI=1S/C20H27N3OS/c1-15-6-8-16(9-7-15)18-14-20(24-22-18)10-12-23(13-11-20)19(25)21-17-4-2-3-5-17/h6-9,17H,2-5,10-14H2,1H3,(H,21,25). The third-order valence-corrected chi connectivity index (χ3v) is 6.24. The van der Waals surface area contributed by atoms with Crippen molar-refractivity contribution in [2.75, 3.05) is 13.1 Å². The average molecular weight is 358 g/mol. The molecule has 1 N–H and O–H groups in total. The minimum Gasteiger partial charge on any atom is -0.388 e. The van der Waals surface area contributed by atoms with E-state index in [9.17, 15) is 0 Å². The van der Waals surface area contributed by atoms with Crippen molar-refractivity contribution in [2.24, 2.45) is 5.16 Å². The first kappa shape index (κ1) is 16.8. The van der Waals surface area contributed by atoms with Crippen molar-refractivity contribution in [3.8, 4) is 0 Å². The molecule has 4 rings (SSSR count). The second kappa shape index (κ2) is 6.94. The molecule has 1 spiro atoms. The average Bonchev–Trinajstić information content (AvgIpc) is 3.27. The molecule has 0 amide bonds. The third kappa shape index (κ3) is 3.66. The van der Waals surface area contributed by atoms with Crippen LogP contribution in [0.15, 0.2) is 29.4 Å². The summed E-state index contributed by atoms with van der Waals surface area (Å²) in [7, 11) is 0. The van der Waals surface area contributed by atoms with Gasteiger partial charge in [0.1, 0.15) is 5.60 Å². The Morgan fingerprint density at radius 1 is 1.20 bits per heavy atom. The molecular weight excluding hydrogens is 330 g/mol. The first-order valence-corrected chi connectivity index (χ1v) is 9.92. The highest BCUT2D eigenvalue weighted by atomic mass is 32.1. The quantitative estimate of drug-likeness (QED) is 0.818. The molecule has 4 nitrogen and oxygen atoms in total. The Bertz CT molecular complexity index is 656. The zero-order chi connectivity index (χ0) is 17.3. The van der Waals surface area contributed by atoms with Crippen LogP contribution in [0.1, 0.15) is 56.1 Å². The fraction of sp³-hybridized carbons (Fsp3) is 0.600. The van der Waals surface area contributed by atoms with E-state index in [0.29, 0.717) is 6.04 Å². The summed E-state index contributed by atoms with van der Waals surface area (Å²) in [6.07, 6.45) is 8.06. The maximum atomic E-state index is 5.94. The second-order valence-corrected chi connectivity index (χ2v) is 8.16. The van der Waals surface area contributed by atoms with E-state index < -0.39 is 0 Å². The molecule has 1 saturated heterocycles. The van der Waals surface area contributed by atoms with Gasteiger partial charge < -0.3 is 15.1 Å². The molecule has 5 heteroatoms. The van der Waals surface area contributed by atoms with E-state index in [2.05, 4.69) is 46.6 Å². The van der Waals surface area contributed by atoms with E-state index in [-0.39, 0.29) is 5.60 Å². The van der Waals surface area contributed by atoms with Crippen LogP contribution in [0, 0.1) is 6.92 Å². The van der Waals surface area contributed by atoms with E-state index in [1.165, 1.54) is 36.8 Å². The van der Waals surface area contributed by atoms with Gasteiger partial charge in [-0.15, -0.1) is 0 Å². The zero-order valence-corrected chi connectivity index (χ0v) is 15.8. The third-order valence-electron chi connectivity index (χ3n) is 5.87. The summed E-state index contributed by atoms with van der Waals surface area (Å²) in [6, 6.07) is 9.15. The van der Waals surface area contributed by atoms with Crippen LogP contribution in [0.2, 0.25) is 0 Å². The Hall–Kier alpha value is -1.62. The van der Waals surface area contributed by atoms with Crippen molar-refractivity contribution in [1.82, 2.24) is 10.2 Å². The van der Waals surface area contributed by atoms with Gasteiger partial charge in [-0.3, -0.25) is 0 Å². The summed E-state index contributed by atoms with van der Waals surface area (Å²) in [5.74, 6) is 0. The molecule has 3 aliphatic rings. The molecule has 0 atom stereocenters. The lowest BCUT2D eigenvalue weighted by molar-refractivity contribution is -0.0524. The summed E-state index contributed by atoms with van der Waals surface area (Å²) in [5, 5.41) is 8.90. The van der Waals surface area contributed by atoms with Crippen LogP contribution >= 0.6 is 12.2 Å². The van der Waals surface area contributed by atoms with Gasteiger partial charge in [-0.05, 0) is 37.5 Å². The fourth-order valence-electron chi connectivity index (χ4n) is 4.14. The summed E-state index contributed by atoms with van der Waals surface area (Å²) in [4.78, 5) is 8.25. The lowest BCUT2D eigenvalue weighted by Gasteiger charge is -2.39. The smallest absolute Gasteiger partial charge is 0.169 e. The van der Waals surface area contributed by atoms with Crippen LogP contribution in [0.25, 0.3) is 0 Å². The molecule has 0 aromatic heterocycles. The van der Waals surface area contributed by atoms with Crippen molar-refractivity contribution >= 4 is 23.0 Å². The highest BCUT2D eigenvalue weighted by Gasteiger charge is 2.42. The molecule has 2 fully saturated rings. The maximum Gasteiger partial charge on any atom is 0.169 e. The topological polar surface area (TPSA) is 36.9 Å². The number of aryl methyl sites for hydroxylation is 1. The Kier molecular flexibility index (Phi) is 4.67. The molecule has 2 heterocycles.